The Morgan fingerprint density at radius 1 is 0.886 bits per heavy atom. The fraction of sp³-hybridized carbons (Fsp3) is 0.192. The lowest BCUT2D eigenvalue weighted by atomic mass is 10.2. The predicted molar refractivity (Wildman–Crippen MR) is 146 cm³/mol. The third-order valence-electron chi connectivity index (χ3n) is 6.27. The zero-order valence-corrected chi connectivity index (χ0v) is 21.3. The van der Waals surface area contributed by atoms with Crippen LogP contribution in [0, 0.1) is 4.77 Å². The molecule has 0 spiro atoms. The van der Waals surface area contributed by atoms with Gasteiger partial charge in [-0.3, -0.25) is 9.47 Å². The summed E-state index contributed by atoms with van der Waals surface area (Å²) in [6, 6.07) is 24.4. The average Bonchev–Trinajstić information content (AvgIpc) is 3.42. The minimum atomic E-state index is 0.629. The number of pyridine rings is 1. The smallest absolute Gasteiger partial charge is 0.204 e. The topological polar surface area (TPSA) is 42.1 Å². The Morgan fingerprint density at radius 3 is 2.37 bits per heavy atom. The molecule has 0 saturated carbocycles. The minimum Gasteiger partial charge on any atom is -0.354 e. The van der Waals surface area contributed by atoms with E-state index in [0.29, 0.717) is 11.4 Å². The number of rotatable bonds is 5. The van der Waals surface area contributed by atoms with E-state index in [0.717, 1.165) is 63.5 Å². The summed E-state index contributed by atoms with van der Waals surface area (Å²) in [5, 5.41) is 6.78. The Morgan fingerprint density at radius 2 is 1.63 bits per heavy atom. The van der Waals surface area contributed by atoms with E-state index in [4.69, 9.17) is 28.9 Å². The van der Waals surface area contributed by atoms with Crippen LogP contribution in [0.15, 0.2) is 79.0 Å². The molecule has 0 radical (unpaired) electrons. The van der Waals surface area contributed by atoms with Crippen molar-refractivity contribution < 1.29 is 0 Å². The number of piperazine rings is 1. The zero-order chi connectivity index (χ0) is 23.8. The van der Waals surface area contributed by atoms with Gasteiger partial charge in [0.05, 0.1) is 22.3 Å². The Balaban J connectivity index is 1.34. The summed E-state index contributed by atoms with van der Waals surface area (Å²) >= 11 is 14.5. The van der Waals surface area contributed by atoms with Crippen LogP contribution in [-0.2, 0) is 6.67 Å². The van der Waals surface area contributed by atoms with Gasteiger partial charge in [0.25, 0.3) is 0 Å². The van der Waals surface area contributed by atoms with Crippen LogP contribution < -0.4 is 4.90 Å². The molecule has 0 amide bonds. The molecule has 0 N–H and O–H groups in total. The van der Waals surface area contributed by atoms with Gasteiger partial charge in [-0.05, 0) is 42.5 Å². The van der Waals surface area contributed by atoms with Crippen LogP contribution >= 0.6 is 35.2 Å². The molecule has 0 atom stereocenters. The first-order chi connectivity index (χ1) is 17.2. The highest BCUT2D eigenvalue weighted by Gasteiger charge is 2.23. The van der Waals surface area contributed by atoms with Gasteiger partial charge in [0.2, 0.25) is 4.77 Å². The molecule has 1 saturated heterocycles. The molecule has 9 heteroatoms. The summed E-state index contributed by atoms with van der Waals surface area (Å²) in [5.74, 6) is 1.80. The van der Waals surface area contributed by atoms with E-state index in [1.807, 2.05) is 57.9 Å². The molecule has 1 aliphatic heterocycles. The summed E-state index contributed by atoms with van der Waals surface area (Å²) in [5.41, 5.74) is 0.979. The SMILES string of the molecule is S=c1n(CN2CCN(c3ccccn3)CC2)nc(-c2sc3ccccc3c2Cl)n1-c1ccccc1. The van der Waals surface area contributed by atoms with Crippen LogP contribution in [0.1, 0.15) is 0 Å². The number of benzene rings is 2. The van der Waals surface area contributed by atoms with E-state index < -0.39 is 0 Å². The van der Waals surface area contributed by atoms with Crippen molar-refractivity contribution in [3.8, 4) is 16.4 Å². The maximum atomic E-state index is 6.87. The fourth-order valence-corrected chi connectivity index (χ4v) is 6.24. The van der Waals surface area contributed by atoms with Crippen LogP contribution in [0.25, 0.3) is 26.5 Å². The molecule has 1 fully saturated rings. The van der Waals surface area contributed by atoms with Crippen molar-refractivity contribution in [2.45, 2.75) is 6.67 Å². The van der Waals surface area contributed by atoms with Crippen molar-refractivity contribution in [1.82, 2.24) is 24.2 Å². The lowest BCUT2D eigenvalue weighted by Crippen LogP contribution is -2.47. The summed E-state index contributed by atoms with van der Waals surface area (Å²) in [7, 11) is 0. The Hall–Kier alpha value is -3.04. The number of hydrogen-bond acceptors (Lipinski definition) is 6. The van der Waals surface area contributed by atoms with Crippen molar-refractivity contribution >= 4 is 51.1 Å². The zero-order valence-electron chi connectivity index (χ0n) is 18.9. The maximum absolute atomic E-state index is 6.87. The van der Waals surface area contributed by atoms with E-state index in [1.165, 1.54) is 0 Å². The standard InChI is InChI=1S/C26H23ClN6S2/c27-23-20-10-4-5-11-21(20)35-24(23)25-29-32(26(34)33(25)19-8-2-1-3-9-19)18-30-14-16-31(17-15-30)22-12-6-7-13-28-22/h1-13H,14-18H2. The van der Waals surface area contributed by atoms with Crippen LogP contribution in [0.4, 0.5) is 5.82 Å². The monoisotopic (exact) mass is 518 g/mol. The van der Waals surface area contributed by atoms with Crippen molar-refractivity contribution in [3.63, 3.8) is 0 Å². The van der Waals surface area contributed by atoms with Crippen LogP contribution in [0.2, 0.25) is 5.02 Å². The summed E-state index contributed by atoms with van der Waals surface area (Å²) < 4.78 is 5.76. The quantitative estimate of drug-likeness (QED) is 0.262. The Labute approximate surface area is 217 Å². The first-order valence-electron chi connectivity index (χ1n) is 11.5. The highest BCUT2D eigenvalue weighted by Crippen LogP contribution is 2.42. The van der Waals surface area contributed by atoms with E-state index in [-0.39, 0.29) is 0 Å². The van der Waals surface area contributed by atoms with Crippen molar-refractivity contribution in [3.05, 3.63) is 88.8 Å². The van der Waals surface area contributed by atoms with Gasteiger partial charge in [0.1, 0.15) is 5.82 Å². The molecular formula is C26H23ClN6S2. The number of para-hydroxylation sites is 1. The maximum Gasteiger partial charge on any atom is 0.204 e. The molecular weight excluding hydrogens is 496 g/mol. The van der Waals surface area contributed by atoms with E-state index >= 15 is 0 Å². The van der Waals surface area contributed by atoms with Gasteiger partial charge >= 0.3 is 0 Å². The fourth-order valence-electron chi connectivity index (χ4n) is 4.46. The number of thiophene rings is 1. The minimum absolute atomic E-state index is 0.629. The van der Waals surface area contributed by atoms with E-state index in [2.05, 4.69) is 45.1 Å². The second kappa shape index (κ2) is 9.54. The number of hydrogen-bond donors (Lipinski definition) is 0. The third kappa shape index (κ3) is 4.27. The second-order valence-electron chi connectivity index (χ2n) is 8.45. The molecule has 6 nitrogen and oxygen atoms in total. The van der Waals surface area contributed by atoms with Crippen LogP contribution in [0.5, 0.6) is 0 Å². The molecule has 176 valence electrons. The van der Waals surface area contributed by atoms with Gasteiger partial charge in [0, 0.05) is 42.5 Å². The molecule has 6 rings (SSSR count). The lowest BCUT2D eigenvalue weighted by Gasteiger charge is -2.35. The molecule has 2 aromatic carbocycles. The molecule has 3 aromatic heterocycles. The summed E-state index contributed by atoms with van der Waals surface area (Å²) in [6.07, 6.45) is 1.85. The van der Waals surface area contributed by atoms with E-state index in [9.17, 15) is 0 Å². The molecule has 1 aliphatic rings. The van der Waals surface area contributed by atoms with Crippen LogP contribution in [-0.4, -0.2) is 50.4 Å². The van der Waals surface area contributed by atoms with Gasteiger partial charge in [0.15, 0.2) is 5.82 Å². The summed E-state index contributed by atoms with van der Waals surface area (Å²) in [4.78, 5) is 10.1. The van der Waals surface area contributed by atoms with Crippen molar-refractivity contribution in [2.24, 2.45) is 0 Å². The second-order valence-corrected chi connectivity index (χ2v) is 10.2. The first-order valence-corrected chi connectivity index (χ1v) is 13.1. The normalized spacial score (nSPS) is 14.6. The Bertz CT molecular complexity index is 1520. The molecule has 35 heavy (non-hydrogen) atoms. The van der Waals surface area contributed by atoms with Crippen molar-refractivity contribution in [2.75, 3.05) is 31.1 Å². The average molecular weight is 519 g/mol. The number of fused-ring (bicyclic) bond motifs is 1. The number of halogens is 1. The highest BCUT2D eigenvalue weighted by atomic mass is 35.5. The summed E-state index contributed by atoms with van der Waals surface area (Å²) in [6.45, 7) is 4.28. The van der Waals surface area contributed by atoms with Gasteiger partial charge in [-0.1, -0.05) is 54.1 Å². The molecule has 5 aromatic rings. The first kappa shape index (κ1) is 22.4. The van der Waals surface area contributed by atoms with Crippen LogP contribution in [0.3, 0.4) is 0 Å². The molecule has 4 heterocycles. The van der Waals surface area contributed by atoms with Gasteiger partial charge < -0.3 is 4.90 Å². The third-order valence-corrected chi connectivity index (χ3v) is 8.34. The molecule has 0 aliphatic carbocycles. The van der Waals surface area contributed by atoms with Crippen molar-refractivity contribution in [1.29, 1.82) is 0 Å². The number of anilines is 1. The van der Waals surface area contributed by atoms with E-state index in [1.54, 1.807) is 11.3 Å². The molecule has 0 unspecified atom stereocenters. The largest absolute Gasteiger partial charge is 0.354 e. The molecule has 0 bridgehead atoms. The predicted octanol–water partition coefficient (Wildman–Crippen LogP) is 6.11. The number of aromatic nitrogens is 4. The Kier molecular flexibility index (Phi) is 6.12. The van der Waals surface area contributed by atoms with Gasteiger partial charge in [-0.2, -0.15) is 0 Å². The lowest BCUT2D eigenvalue weighted by molar-refractivity contribution is 0.194. The number of nitrogens with zero attached hydrogens (tertiary/aromatic N) is 6. The van der Waals surface area contributed by atoms with Gasteiger partial charge in [-0.15, -0.1) is 16.4 Å². The highest BCUT2D eigenvalue weighted by molar-refractivity contribution is 7.71. The van der Waals surface area contributed by atoms with Gasteiger partial charge in [-0.25, -0.2) is 9.67 Å².